The van der Waals surface area contributed by atoms with E-state index in [2.05, 4.69) is 141 Å². The van der Waals surface area contributed by atoms with E-state index in [4.69, 9.17) is 15.0 Å². The van der Waals surface area contributed by atoms with E-state index < -0.39 is 0 Å². The fourth-order valence-corrected chi connectivity index (χ4v) is 7.35. The van der Waals surface area contributed by atoms with Crippen LogP contribution >= 0.6 is 15.9 Å². The Morgan fingerprint density at radius 1 is 0.419 bits per heavy atom. The number of hydrogen-bond donors (Lipinski definition) is 0. The minimum Gasteiger partial charge on any atom is -0.208 e. The third-order valence-electron chi connectivity index (χ3n) is 9.42. The highest BCUT2D eigenvalue weighted by atomic mass is 79.9. The number of nitrogens with zero attached hydrogens (tertiary/aromatic N) is 3. The monoisotopic (exact) mass is 619 g/mol. The summed E-state index contributed by atoms with van der Waals surface area (Å²) in [7, 11) is 0. The molecule has 5 aromatic carbocycles. The molecule has 208 valence electrons. The standard InChI is InChI=1S/C39H30BrN3/c1-38(2)31-11-7-5-9-27(31)29-21-24(15-19-33(29)38)36-41-35(23-13-17-26(40)18-14-23)42-37(43-36)25-16-20-34-30(22-25)28-10-6-8-12-32(28)39(34,3)4/h5-22H,1-4H3. The molecule has 4 heteroatoms. The fraction of sp³-hybridized carbons (Fsp3) is 0.154. The van der Waals surface area contributed by atoms with Crippen molar-refractivity contribution in [2.75, 3.05) is 0 Å². The molecule has 0 radical (unpaired) electrons. The van der Waals surface area contributed by atoms with Gasteiger partial charge in [0.2, 0.25) is 0 Å². The zero-order valence-electron chi connectivity index (χ0n) is 24.6. The molecule has 0 atom stereocenters. The second-order valence-corrected chi connectivity index (χ2v) is 13.6. The van der Waals surface area contributed by atoms with Crippen LogP contribution < -0.4 is 0 Å². The topological polar surface area (TPSA) is 38.7 Å². The van der Waals surface area contributed by atoms with E-state index in [0.717, 1.165) is 21.2 Å². The number of rotatable bonds is 3. The fourth-order valence-electron chi connectivity index (χ4n) is 7.08. The Balaban J connectivity index is 1.32. The highest BCUT2D eigenvalue weighted by Crippen LogP contribution is 2.50. The lowest BCUT2D eigenvalue weighted by Crippen LogP contribution is -2.14. The van der Waals surface area contributed by atoms with E-state index in [0.29, 0.717) is 17.5 Å². The van der Waals surface area contributed by atoms with Gasteiger partial charge in [-0.25, -0.2) is 15.0 Å². The lowest BCUT2D eigenvalue weighted by Gasteiger charge is -2.21. The Labute approximate surface area is 260 Å². The van der Waals surface area contributed by atoms with Crippen LogP contribution in [-0.4, -0.2) is 15.0 Å². The van der Waals surface area contributed by atoms with Gasteiger partial charge in [-0.15, -0.1) is 0 Å². The van der Waals surface area contributed by atoms with E-state index in [9.17, 15) is 0 Å². The molecule has 0 fully saturated rings. The lowest BCUT2D eigenvalue weighted by molar-refractivity contribution is 0.660. The van der Waals surface area contributed by atoms with E-state index in [1.54, 1.807) is 0 Å². The van der Waals surface area contributed by atoms with Crippen molar-refractivity contribution in [3.63, 3.8) is 0 Å². The molecule has 1 heterocycles. The van der Waals surface area contributed by atoms with Gasteiger partial charge in [0.05, 0.1) is 0 Å². The van der Waals surface area contributed by atoms with Crippen LogP contribution in [0.4, 0.5) is 0 Å². The summed E-state index contributed by atoms with van der Waals surface area (Å²) in [5.41, 5.74) is 13.3. The van der Waals surface area contributed by atoms with Crippen LogP contribution in [0.25, 0.3) is 56.4 Å². The third kappa shape index (κ3) is 3.96. The highest BCUT2D eigenvalue weighted by molar-refractivity contribution is 9.10. The van der Waals surface area contributed by atoms with Crippen LogP contribution in [0.3, 0.4) is 0 Å². The predicted octanol–water partition coefficient (Wildman–Crippen LogP) is 10.2. The summed E-state index contributed by atoms with van der Waals surface area (Å²) in [6.07, 6.45) is 0. The summed E-state index contributed by atoms with van der Waals surface area (Å²) < 4.78 is 1.02. The van der Waals surface area contributed by atoms with E-state index in [1.165, 1.54) is 44.5 Å². The molecule has 0 amide bonds. The zero-order valence-corrected chi connectivity index (χ0v) is 26.2. The van der Waals surface area contributed by atoms with Gasteiger partial charge >= 0.3 is 0 Å². The Hall–Kier alpha value is -4.41. The van der Waals surface area contributed by atoms with Gasteiger partial charge in [0, 0.05) is 32.0 Å². The SMILES string of the molecule is CC1(C)c2ccccc2-c2cc(-c3nc(-c4ccc(Br)cc4)nc(-c4ccc5c(c4)-c4ccccc4C5(C)C)n3)ccc21. The quantitative estimate of drug-likeness (QED) is 0.198. The van der Waals surface area contributed by atoms with Crippen LogP contribution in [0.2, 0.25) is 0 Å². The highest BCUT2D eigenvalue weighted by Gasteiger charge is 2.36. The predicted molar refractivity (Wildman–Crippen MR) is 179 cm³/mol. The summed E-state index contributed by atoms with van der Waals surface area (Å²) in [6, 6.07) is 39.0. The molecule has 0 bridgehead atoms. The molecule has 3 nitrogen and oxygen atoms in total. The Kier molecular flexibility index (Phi) is 5.67. The maximum absolute atomic E-state index is 5.12. The zero-order chi connectivity index (χ0) is 29.5. The van der Waals surface area contributed by atoms with Gasteiger partial charge in [0.15, 0.2) is 17.5 Å². The first-order valence-electron chi connectivity index (χ1n) is 14.7. The summed E-state index contributed by atoms with van der Waals surface area (Å²) >= 11 is 3.57. The van der Waals surface area contributed by atoms with Crippen LogP contribution in [0.15, 0.2) is 114 Å². The lowest BCUT2D eigenvalue weighted by atomic mass is 9.82. The number of aromatic nitrogens is 3. The van der Waals surface area contributed by atoms with Gasteiger partial charge < -0.3 is 0 Å². The number of hydrogen-bond acceptors (Lipinski definition) is 3. The van der Waals surface area contributed by atoms with E-state index in [1.807, 2.05) is 12.1 Å². The average Bonchev–Trinajstić information content (AvgIpc) is 3.40. The number of benzene rings is 5. The first-order chi connectivity index (χ1) is 20.7. The second kappa shape index (κ2) is 9.29. The van der Waals surface area contributed by atoms with E-state index in [-0.39, 0.29) is 10.8 Å². The summed E-state index contributed by atoms with van der Waals surface area (Å²) in [4.78, 5) is 15.2. The Bertz CT molecular complexity index is 1960. The van der Waals surface area contributed by atoms with Crippen molar-refractivity contribution >= 4 is 15.9 Å². The van der Waals surface area contributed by atoms with Crippen molar-refractivity contribution in [3.05, 3.63) is 136 Å². The molecule has 0 saturated heterocycles. The van der Waals surface area contributed by atoms with Gasteiger partial charge in [-0.2, -0.15) is 0 Å². The minimum atomic E-state index is -0.0498. The molecule has 0 aliphatic heterocycles. The molecule has 0 N–H and O–H groups in total. The largest absolute Gasteiger partial charge is 0.208 e. The summed E-state index contributed by atoms with van der Waals surface area (Å²) in [6.45, 7) is 9.21. The van der Waals surface area contributed by atoms with Gasteiger partial charge in [-0.3, -0.25) is 0 Å². The molecule has 0 saturated carbocycles. The number of halogens is 1. The summed E-state index contributed by atoms with van der Waals surface area (Å²) in [5.74, 6) is 2.01. The van der Waals surface area contributed by atoms with Crippen LogP contribution in [0, 0.1) is 0 Å². The summed E-state index contributed by atoms with van der Waals surface area (Å²) in [5, 5.41) is 0. The normalized spacial score (nSPS) is 15.0. The molecule has 8 rings (SSSR count). The van der Waals surface area contributed by atoms with E-state index >= 15 is 0 Å². The van der Waals surface area contributed by atoms with Crippen molar-refractivity contribution in [3.8, 4) is 56.4 Å². The van der Waals surface area contributed by atoms with Crippen LogP contribution in [-0.2, 0) is 10.8 Å². The third-order valence-corrected chi connectivity index (χ3v) is 9.95. The van der Waals surface area contributed by atoms with Crippen molar-refractivity contribution in [1.29, 1.82) is 0 Å². The maximum Gasteiger partial charge on any atom is 0.164 e. The number of fused-ring (bicyclic) bond motifs is 6. The molecule has 0 spiro atoms. The first kappa shape index (κ1) is 26.2. The second-order valence-electron chi connectivity index (χ2n) is 12.7. The Morgan fingerprint density at radius 3 is 1.26 bits per heavy atom. The van der Waals surface area contributed by atoms with Crippen molar-refractivity contribution in [2.24, 2.45) is 0 Å². The van der Waals surface area contributed by atoms with Crippen molar-refractivity contribution in [1.82, 2.24) is 15.0 Å². The molecule has 0 unspecified atom stereocenters. The molecular formula is C39H30BrN3. The minimum absolute atomic E-state index is 0.0498. The molecular weight excluding hydrogens is 590 g/mol. The van der Waals surface area contributed by atoms with Gasteiger partial charge in [-0.1, -0.05) is 129 Å². The maximum atomic E-state index is 5.12. The van der Waals surface area contributed by atoms with Crippen molar-refractivity contribution < 1.29 is 0 Å². The van der Waals surface area contributed by atoms with Gasteiger partial charge in [0.25, 0.3) is 0 Å². The molecule has 2 aliphatic rings. The van der Waals surface area contributed by atoms with Crippen LogP contribution in [0.1, 0.15) is 49.9 Å². The van der Waals surface area contributed by atoms with Crippen LogP contribution in [0.5, 0.6) is 0 Å². The van der Waals surface area contributed by atoms with Crippen molar-refractivity contribution in [2.45, 2.75) is 38.5 Å². The smallest absolute Gasteiger partial charge is 0.164 e. The van der Waals surface area contributed by atoms with Gasteiger partial charge in [0.1, 0.15) is 0 Å². The average molecular weight is 621 g/mol. The molecule has 1 aromatic heterocycles. The molecule has 6 aromatic rings. The van der Waals surface area contributed by atoms with Gasteiger partial charge in [-0.05, 0) is 68.8 Å². The Morgan fingerprint density at radius 2 is 0.791 bits per heavy atom. The first-order valence-corrected chi connectivity index (χ1v) is 15.5. The molecule has 43 heavy (non-hydrogen) atoms. The molecule has 2 aliphatic carbocycles.